The first-order chi connectivity index (χ1) is 7.75. The van der Waals surface area contributed by atoms with E-state index in [0.29, 0.717) is 0 Å². The maximum Gasteiger partial charge on any atom is 0.460 e. The van der Waals surface area contributed by atoms with Gasteiger partial charge in [0, 0.05) is 21.4 Å². The van der Waals surface area contributed by atoms with E-state index in [0.717, 1.165) is 0 Å². The zero-order chi connectivity index (χ0) is 16.5. The molecule has 0 rings (SSSR count). The maximum absolute atomic E-state index is 12.5. The van der Waals surface area contributed by atoms with E-state index in [-0.39, 0.29) is 13.8 Å². The van der Waals surface area contributed by atoms with Gasteiger partial charge in [-0.15, -0.1) is 0 Å². The molecule has 13 heteroatoms. The van der Waals surface area contributed by atoms with Crippen molar-refractivity contribution < 1.29 is 43.5 Å². The number of hydrogen-bond donors (Lipinski definition) is 0. The summed E-state index contributed by atoms with van der Waals surface area (Å²) < 4.78 is 114. The fraction of sp³-hybridized carbons (Fsp3) is 1.00. The Morgan fingerprint density at radius 2 is 0.947 bits per heavy atom. The Hall–Kier alpha value is -0.0300. The molecule has 0 spiro atoms. The van der Waals surface area contributed by atoms with Crippen LogP contribution in [0.2, 0.25) is 0 Å². The van der Waals surface area contributed by atoms with Crippen LogP contribution in [0, 0.1) is 0 Å². The van der Waals surface area contributed by atoms with Crippen molar-refractivity contribution in [2.45, 2.75) is 37.5 Å². The predicted molar refractivity (Wildman–Crippen MR) is 51.8 cm³/mol. The molecule has 2 nitrogen and oxygen atoms in total. The Labute approximate surface area is 111 Å². The first kappa shape index (κ1) is 21.3. The van der Waals surface area contributed by atoms with Gasteiger partial charge in [0.05, 0.1) is 0 Å². The van der Waals surface area contributed by atoms with Crippen molar-refractivity contribution in [1.82, 2.24) is 0 Å². The molecule has 0 radical (unpaired) electrons. The summed E-state index contributed by atoms with van der Waals surface area (Å²) >= 11 is 0. The van der Waals surface area contributed by atoms with Crippen LogP contribution < -0.4 is 0 Å². The normalized spacial score (nSPS) is 14.7. The fourth-order valence-corrected chi connectivity index (χ4v) is 0.551. The molecule has 19 heavy (non-hydrogen) atoms. The highest BCUT2D eigenvalue weighted by Crippen LogP contribution is 2.52. The topological polar surface area (TPSA) is 34.1 Å². The van der Waals surface area contributed by atoms with Gasteiger partial charge in [-0.3, -0.25) is 0 Å². The van der Waals surface area contributed by atoms with E-state index < -0.39 is 32.0 Å². The molecular weight excluding hydrogens is 359 g/mol. The van der Waals surface area contributed by atoms with Gasteiger partial charge in [0.1, 0.15) is 0 Å². The van der Waals surface area contributed by atoms with Crippen molar-refractivity contribution in [3.8, 4) is 0 Å². The molecule has 0 atom stereocenters. The van der Waals surface area contributed by atoms with E-state index in [2.05, 4.69) is 21.4 Å². The highest BCUT2D eigenvalue weighted by molar-refractivity contribution is 8.31. The van der Waals surface area contributed by atoms with Gasteiger partial charge >= 0.3 is 26.3 Å². The van der Waals surface area contributed by atoms with Crippen LogP contribution in [0.25, 0.3) is 0 Å². The second-order valence-electron chi connectivity index (χ2n) is 3.50. The molecule has 0 unspecified atom stereocenters. The van der Waals surface area contributed by atoms with Gasteiger partial charge in [-0.25, -0.2) is 4.39 Å². The van der Waals surface area contributed by atoms with Gasteiger partial charge in [0.25, 0.3) is 0 Å². The summed E-state index contributed by atoms with van der Waals surface area (Å²) in [5, 5.41) is 0. The molecule has 0 N–H and O–H groups in total. The Morgan fingerprint density at radius 1 is 0.737 bits per heavy atom. The Bertz CT molecular complexity index is 364. The molecule has 118 valence electrons. The highest BCUT2D eigenvalue weighted by Gasteiger charge is 2.78. The third-order valence-electron chi connectivity index (χ3n) is 1.50. The quantitative estimate of drug-likeness (QED) is 0.541. The Kier molecular flexibility index (Phi) is 6.45. The SMILES string of the molecule is CC(C)(F)C(F)(F)C(F)(F)C(F)(F)F.O=S(=O)(Cl)Cl. The maximum atomic E-state index is 12.5. The van der Waals surface area contributed by atoms with Crippen LogP contribution in [-0.4, -0.2) is 32.1 Å². The summed E-state index contributed by atoms with van der Waals surface area (Å²) in [6.45, 7) is -0.0979. The monoisotopic (exact) mass is 364 g/mol. The number of rotatable bonds is 2. The summed E-state index contributed by atoms with van der Waals surface area (Å²) in [5.41, 5.74) is -3.97. The smallest absolute Gasteiger partial charge is 0.238 e. The van der Waals surface area contributed by atoms with E-state index in [9.17, 15) is 35.1 Å². The van der Waals surface area contributed by atoms with Crippen molar-refractivity contribution in [3.05, 3.63) is 0 Å². The summed E-state index contributed by atoms with van der Waals surface area (Å²) in [6, 6.07) is 0. The van der Waals surface area contributed by atoms with E-state index in [4.69, 9.17) is 8.42 Å². The van der Waals surface area contributed by atoms with E-state index in [1.165, 1.54) is 0 Å². The first-order valence-corrected chi connectivity index (χ1v) is 7.04. The minimum absolute atomic E-state index is 0.0490. The van der Waals surface area contributed by atoms with Crippen molar-refractivity contribution in [2.24, 2.45) is 0 Å². The van der Waals surface area contributed by atoms with Gasteiger partial charge in [-0.05, 0) is 13.8 Å². The largest absolute Gasteiger partial charge is 0.460 e. The third kappa shape index (κ3) is 6.30. The molecule has 0 aromatic heterocycles. The molecule has 0 aliphatic heterocycles. The Balaban J connectivity index is 0. The first-order valence-electron chi connectivity index (χ1n) is 3.90. The summed E-state index contributed by atoms with van der Waals surface area (Å²) in [4.78, 5) is 0. The number of alkyl halides is 8. The van der Waals surface area contributed by atoms with Crippen LogP contribution in [0.4, 0.5) is 35.1 Å². The minimum atomic E-state index is -6.49. The molecule has 0 saturated heterocycles. The molecule has 0 fully saturated rings. The fourth-order valence-electron chi connectivity index (χ4n) is 0.551. The van der Waals surface area contributed by atoms with Gasteiger partial charge in [-0.1, -0.05) is 0 Å². The lowest BCUT2D eigenvalue weighted by molar-refractivity contribution is -0.376. The van der Waals surface area contributed by atoms with Crippen LogP contribution in [-0.2, 0) is 8.26 Å². The van der Waals surface area contributed by atoms with Crippen LogP contribution in [0.1, 0.15) is 13.8 Å². The van der Waals surface area contributed by atoms with Crippen LogP contribution in [0.15, 0.2) is 0 Å². The lowest BCUT2D eigenvalue weighted by atomic mass is 9.96. The van der Waals surface area contributed by atoms with E-state index in [1.54, 1.807) is 0 Å². The van der Waals surface area contributed by atoms with Gasteiger partial charge in [-0.2, -0.15) is 39.2 Å². The lowest BCUT2D eigenvalue weighted by Gasteiger charge is -2.34. The molecule has 0 saturated carbocycles. The molecule has 0 aliphatic rings. The van der Waals surface area contributed by atoms with Crippen molar-refractivity contribution >= 4 is 29.6 Å². The van der Waals surface area contributed by atoms with E-state index in [1.807, 2.05) is 0 Å². The highest BCUT2D eigenvalue weighted by atomic mass is 36.0. The van der Waals surface area contributed by atoms with Crippen LogP contribution in [0.3, 0.4) is 0 Å². The zero-order valence-electron chi connectivity index (χ0n) is 9.00. The Morgan fingerprint density at radius 3 is 1.00 bits per heavy atom. The molecule has 0 amide bonds. The predicted octanol–water partition coefficient (Wildman–Crippen LogP) is 4.28. The van der Waals surface area contributed by atoms with Gasteiger partial charge in [0.2, 0.25) is 0 Å². The molecule has 0 aromatic carbocycles. The van der Waals surface area contributed by atoms with Crippen LogP contribution in [0.5, 0.6) is 0 Å². The van der Waals surface area contributed by atoms with Crippen molar-refractivity contribution in [1.29, 1.82) is 0 Å². The average Bonchev–Trinajstić information content (AvgIpc) is 1.95. The standard InChI is InChI=1S/C6H6F8.Cl2O2S/c1-3(2,7)4(8,9)5(10,11)6(12,13)14;1-5(2,3)4/h1-2H3;. The molecule has 0 aliphatic carbocycles. The second-order valence-corrected chi connectivity index (χ2v) is 7.17. The molecule has 0 bridgehead atoms. The average molecular weight is 365 g/mol. The van der Waals surface area contributed by atoms with Gasteiger partial charge < -0.3 is 0 Å². The summed E-state index contributed by atoms with van der Waals surface area (Å²) in [7, 11) is 4.81. The summed E-state index contributed by atoms with van der Waals surface area (Å²) in [6.07, 6.45) is -6.49. The molecule has 0 aromatic rings. The zero-order valence-corrected chi connectivity index (χ0v) is 11.3. The lowest BCUT2D eigenvalue weighted by Crippen LogP contribution is -2.60. The second kappa shape index (κ2) is 5.76. The minimum Gasteiger partial charge on any atom is -0.238 e. The van der Waals surface area contributed by atoms with Crippen molar-refractivity contribution in [3.63, 3.8) is 0 Å². The molecule has 0 heterocycles. The number of hydrogen-bond acceptors (Lipinski definition) is 2. The van der Waals surface area contributed by atoms with Crippen LogP contribution >= 0.6 is 21.4 Å². The van der Waals surface area contributed by atoms with E-state index >= 15 is 0 Å². The number of halogens is 10. The summed E-state index contributed by atoms with van der Waals surface area (Å²) in [5.74, 6) is -12.2. The van der Waals surface area contributed by atoms with Crippen molar-refractivity contribution in [2.75, 3.05) is 0 Å². The molecular formula is C6H6Cl2F8O2S. The third-order valence-corrected chi connectivity index (χ3v) is 1.50. The van der Waals surface area contributed by atoms with Gasteiger partial charge in [0.15, 0.2) is 5.67 Å².